The van der Waals surface area contributed by atoms with E-state index in [1.165, 1.54) is 53.4 Å². The SMILES string of the molecule is COc1ccc(C)c2c3c([nH]c12)CCCC3. The zero-order valence-electron chi connectivity index (χ0n) is 9.89. The monoisotopic (exact) mass is 215 g/mol. The second-order valence-electron chi connectivity index (χ2n) is 4.62. The van der Waals surface area contributed by atoms with Crippen LogP contribution in [-0.4, -0.2) is 12.1 Å². The molecule has 0 saturated heterocycles. The molecule has 0 bridgehead atoms. The highest BCUT2D eigenvalue weighted by Gasteiger charge is 2.18. The van der Waals surface area contributed by atoms with Crippen molar-refractivity contribution in [3.8, 4) is 5.75 Å². The van der Waals surface area contributed by atoms with Gasteiger partial charge in [0.05, 0.1) is 12.6 Å². The first-order chi connectivity index (χ1) is 7.81. The lowest BCUT2D eigenvalue weighted by atomic mass is 9.94. The van der Waals surface area contributed by atoms with Crippen LogP contribution in [0, 0.1) is 6.92 Å². The number of nitrogens with one attached hydrogen (secondary N) is 1. The molecule has 3 rings (SSSR count). The van der Waals surface area contributed by atoms with Crippen molar-refractivity contribution in [3.63, 3.8) is 0 Å². The van der Waals surface area contributed by atoms with Gasteiger partial charge in [-0.05, 0) is 49.8 Å². The van der Waals surface area contributed by atoms with Crippen molar-refractivity contribution in [1.29, 1.82) is 0 Å². The Morgan fingerprint density at radius 1 is 1.19 bits per heavy atom. The van der Waals surface area contributed by atoms with E-state index in [1.54, 1.807) is 7.11 Å². The molecule has 1 heterocycles. The number of rotatable bonds is 1. The van der Waals surface area contributed by atoms with Crippen LogP contribution in [0.4, 0.5) is 0 Å². The Labute approximate surface area is 95.6 Å². The second kappa shape index (κ2) is 3.55. The second-order valence-corrected chi connectivity index (χ2v) is 4.62. The fourth-order valence-electron chi connectivity index (χ4n) is 2.84. The zero-order valence-corrected chi connectivity index (χ0v) is 9.89. The summed E-state index contributed by atoms with van der Waals surface area (Å²) in [5.41, 5.74) is 5.50. The third-order valence-corrected chi connectivity index (χ3v) is 3.64. The molecule has 0 atom stereocenters. The number of hydrogen-bond acceptors (Lipinski definition) is 1. The largest absolute Gasteiger partial charge is 0.495 e. The van der Waals surface area contributed by atoms with Crippen LogP contribution in [-0.2, 0) is 12.8 Å². The highest BCUT2D eigenvalue weighted by molar-refractivity contribution is 5.92. The van der Waals surface area contributed by atoms with Crippen molar-refractivity contribution >= 4 is 10.9 Å². The number of aromatic amines is 1. The minimum Gasteiger partial charge on any atom is -0.495 e. The van der Waals surface area contributed by atoms with Crippen LogP contribution in [0.25, 0.3) is 10.9 Å². The molecule has 0 saturated carbocycles. The first-order valence-electron chi connectivity index (χ1n) is 5.98. The van der Waals surface area contributed by atoms with Gasteiger partial charge in [-0.1, -0.05) is 6.07 Å². The topological polar surface area (TPSA) is 25.0 Å². The molecule has 1 aliphatic rings. The van der Waals surface area contributed by atoms with E-state index >= 15 is 0 Å². The summed E-state index contributed by atoms with van der Waals surface area (Å²) in [5.74, 6) is 0.968. The highest BCUT2D eigenvalue weighted by Crippen LogP contribution is 2.35. The lowest BCUT2D eigenvalue weighted by molar-refractivity contribution is 0.419. The van der Waals surface area contributed by atoms with E-state index in [1.807, 2.05) is 0 Å². The maximum Gasteiger partial charge on any atom is 0.142 e. The molecule has 84 valence electrons. The molecule has 0 aliphatic heterocycles. The van der Waals surface area contributed by atoms with Gasteiger partial charge < -0.3 is 9.72 Å². The Bertz CT molecular complexity index is 539. The molecule has 1 aromatic carbocycles. The number of H-pyrrole nitrogens is 1. The van der Waals surface area contributed by atoms with Crippen molar-refractivity contribution in [2.24, 2.45) is 0 Å². The zero-order chi connectivity index (χ0) is 11.1. The highest BCUT2D eigenvalue weighted by atomic mass is 16.5. The summed E-state index contributed by atoms with van der Waals surface area (Å²) >= 11 is 0. The molecule has 0 amide bonds. The number of fused-ring (bicyclic) bond motifs is 3. The van der Waals surface area contributed by atoms with Gasteiger partial charge in [-0.15, -0.1) is 0 Å². The van der Waals surface area contributed by atoms with E-state index in [0.717, 1.165) is 5.75 Å². The lowest BCUT2D eigenvalue weighted by Gasteiger charge is -2.11. The van der Waals surface area contributed by atoms with Gasteiger partial charge in [0, 0.05) is 11.1 Å². The summed E-state index contributed by atoms with van der Waals surface area (Å²) < 4.78 is 5.43. The van der Waals surface area contributed by atoms with Crippen LogP contribution in [0.3, 0.4) is 0 Å². The van der Waals surface area contributed by atoms with E-state index < -0.39 is 0 Å². The number of ether oxygens (including phenoxy) is 1. The minimum absolute atomic E-state index is 0.968. The number of aromatic nitrogens is 1. The Hall–Kier alpha value is -1.44. The molecular formula is C14H17NO. The molecule has 16 heavy (non-hydrogen) atoms. The molecule has 2 aromatic rings. The van der Waals surface area contributed by atoms with Gasteiger partial charge in [-0.25, -0.2) is 0 Å². The van der Waals surface area contributed by atoms with E-state index in [0.29, 0.717) is 0 Å². The maximum absolute atomic E-state index is 5.43. The van der Waals surface area contributed by atoms with Crippen molar-refractivity contribution in [1.82, 2.24) is 4.98 Å². The molecule has 0 fully saturated rings. The normalized spacial score (nSPS) is 15.1. The molecule has 2 heteroatoms. The van der Waals surface area contributed by atoms with Crippen LogP contribution >= 0.6 is 0 Å². The standard InChI is InChI=1S/C14H17NO/c1-9-7-8-12(16-2)14-13(9)10-5-3-4-6-11(10)15-14/h7-8,15H,3-6H2,1-2H3. The van der Waals surface area contributed by atoms with E-state index in [2.05, 4.69) is 24.0 Å². The first kappa shape index (κ1) is 9.76. The summed E-state index contributed by atoms with van der Waals surface area (Å²) in [4.78, 5) is 3.55. The number of benzene rings is 1. The third kappa shape index (κ3) is 1.26. The van der Waals surface area contributed by atoms with Gasteiger partial charge in [0.2, 0.25) is 0 Å². The van der Waals surface area contributed by atoms with Crippen molar-refractivity contribution in [3.05, 3.63) is 29.0 Å². The van der Waals surface area contributed by atoms with Crippen LogP contribution < -0.4 is 4.74 Å². The summed E-state index contributed by atoms with van der Waals surface area (Å²) in [6.45, 7) is 2.19. The lowest BCUT2D eigenvalue weighted by Crippen LogP contribution is -2.00. The molecule has 1 N–H and O–H groups in total. The molecular weight excluding hydrogens is 198 g/mol. The van der Waals surface area contributed by atoms with E-state index in [4.69, 9.17) is 4.74 Å². The fourth-order valence-corrected chi connectivity index (χ4v) is 2.84. The molecule has 1 aromatic heterocycles. The van der Waals surface area contributed by atoms with Gasteiger partial charge in [0.25, 0.3) is 0 Å². The Morgan fingerprint density at radius 3 is 2.81 bits per heavy atom. The Kier molecular flexibility index (Phi) is 2.16. The molecule has 0 unspecified atom stereocenters. The first-order valence-corrected chi connectivity index (χ1v) is 5.98. The predicted octanol–water partition coefficient (Wildman–Crippen LogP) is 3.36. The summed E-state index contributed by atoms with van der Waals surface area (Å²) in [5, 5.41) is 1.40. The number of aryl methyl sites for hydroxylation is 3. The summed E-state index contributed by atoms with van der Waals surface area (Å²) in [7, 11) is 1.74. The van der Waals surface area contributed by atoms with E-state index in [9.17, 15) is 0 Å². The Morgan fingerprint density at radius 2 is 2.00 bits per heavy atom. The van der Waals surface area contributed by atoms with Crippen molar-refractivity contribution in [2.75, 3.05) is 7.11 Å². The molecule has 0 radical (unpaired) electrons. The quantitative estimate of drug-likeness (QED) is 0.775. The third-order valence-electron chi connectivity index (χ3n) is 3.64. The number of methoxy groups -OCH3 is 1. The average Bonchev–Trinajstić information content (AvgIpc) is 2.69. The van der Waals surface area contributed by atoms with Gasteiger partial charge in [-0.2, -0.15) is 0 Å². The van der Waals surface area contributed by atoms with Crippen LogP contribution in [0.1, 0.15) is 29.7 Å². The summed E-state index contributed by atoms with van der Waals surface area (Å²) in [6, 6.07) is 4.21. The van der Waals surface area contributed by atoms with E-state index in [-0.39, 0.29) is 0 Å². The van der Waals surface area contributed by atoms with Gasteiger partial charge in [0.15, 0.2) is 0 Å². The molecule has 2 nitrogen and oxygen atoms in total. The van der Waals surface area contributed by atoms with Crippen molar-refractivity contribution < 1.29 is 4.74 Å². The van der Waals surface area contributed by atoms with Crippen LogP contribution in [0.15, 0.2) is 12.1 Å². The van der Waals surface area contributed by atoms with Crippen LogP contribution in [0.2, 0.25) is 0 Å². The predicted molar refractivity (Wildman–Crippen MR) is 66.2 cm³/mol. The Balaban J connectivity index is 2.36. The molecule has 1 aliphatic carbocycles. The minimum atomic E-state index is 0.968. The fraction of sp³-hybridized carbons (Fsp3) is 0.429. The van der Waals surface area contributed by atoms with Gasteiger partial charge in [-0.3, -0.25) is 0 Å². The number of hydrogen-bond donors (Lipinski definition) is 1. The van der Waals surface area contributed by atoms with Gasteiger partial charge in [0.1, 0.15) is 5.75 Å². The maximum atomic E-state index is 5.43. The molecule has 0 spiro atoms. The average molecular weight is 215 g/mol. The summed E-state index contributed by atoms with van der Waals surface area (Å²) in [6.07, 6.45) is 5.02. The smallest absolute Gasteiger partial charge is 0.142 e. The van der Waals surface area contributed by atoms with Crippen LogP contribution in [0.5, 0.6) is 5.75 Å². The van der Waals surface area contributed by atoms with Gasteiger partial charge >= 0.3 is 0 Å². The van der Waals surface area contributed by atoms with Crippen molar-refractivity contribution in [2.45, 2.75) is 32.6 Å².